The van der Waals surface area contributed by atoms with Crippen molar-refractivity contribution in [3.05, 3.63) is 69.7 Å². The smallest absolute Gasteiger partial charge is 0.224 e. The molecule has 0 spiro atoms. The molecule has 1 amide bonds. The Bertz CT molecular complexity index is 663. The van der Waals surface area contributed by atoms with Gasteiger partial charge in [0.2, 0.25) is 5.91 Å². The van der Waals surface area contributed by atoms with E-state index in [1.807, 2.05) is 18.2 Å². The molecule has 0 saturated heterocycles. The molecule has 1 N–H and O–H groups in total. The van der Waals surface area contributed by atoms with Crippen LogP contribution in [0.5, 0.6) is 0 Å². The minimum atomic E-state index is -0.0205. The topological polar surface area (TPSA) is 29.1 Å². The number of hydrogen-bond acceptors (Lipinski definition) is 1. The maximum atomic E-state index is 12.4. The lowest BCUT2D eigenvalue weighted by atomic mass is 10.0. The van der Waals surface area contributed by atoms with E-state index in [9.17, 15) is 4.79 Å². The SMILES string of the molecule is O=C(Cc1c(Cl)cccc1Cl)NC(Cc1ccccc1)C1CC1. The number of rotatable bonds is 6. The number of carbonyl (C=O) groups excluding carboxylic acids is 1. The Kier molecular flexibility index (Phi) is 5.24. The van der Waals surface area contributed by atoms with Gasteiger partial charge in [-0.3, -0.25) is 4.79 Å². The van der Waals surface area contributed by atoms with Crippen molar-refractivity contribution in [2.24, 2.45) is 5.92 Å². The third kappa shape index (κ3) is 4.49. The van der Waals surface area contributed by atoms with Gasteiger partial charge >= 0.3 is 0 Å². The molecule has 4 heteroatoms. The fourth-order valence-electron chi connectivity index (χ4n) is 2.82. The van der Waals surface area contributed by atoms with Crippen LogP contribution >= 0.6 is 23.2 Å². The number of nitrogens with one attached hydrogen (secondary N) is 1. The number of carbonyl (C=O) groups is 1. The predicted octanol–water partition coefficient (Wildman–Crippen LogP) is 4.67. The first-order valence-electron chi connectivity index (χ1n) is 7.89. The predicted molar refractivity (Wildman–Crippen MR) is 95.0 cm³/mol. The maximum absolute atomic E-state index is 12.4. The summed E-state index contributed by atoms with van der Waals surface area (Å²) in [5, 5.41) is 4.26. The van der Waals surface area contributed by atoms with Crippen molar-refractivity contribution in [1.29, 1.82) is 0 Å². The van der Waals surface area contributed by atoms with E-state index in [0.717, 1.165) is 6.42 Å². The molecule has 3 rings (SSSR count). The molecule has 1 unspecified atom stereocenters. The van der Waals surface area contributed by atoms with E-state index in [2.05, 4.69) is 17.4 Å². The monoisotopic (exact) mass is 347 g/mol. The van der Waals surface area contributed by atoms with Gasteiger partial charge in [0.15, 0.2) is 0 Å². The van der Waals surface area contributed by atoms with Gasteiger partial charge in [-0.1, -0.05) is 59.6 Å². The minimum absolute atomic E-state index is 0.0205. The second-order valence-corrected chi connectivity index (χ2v) is 6.89. The van der Waals surface area contributed by atoms with Crippen molar-refractivity contribution in [2.45, 2.75) is 31.7 Å². The second-order valence-electron chi connectivity index (χ2n) is 6.08. The number of benzene rings is 2. The zero-order valence-corrected chi connectivity index (χ0v) is 14.3. The zero-order valence-electron chi connectivity index (χ0n) is 12.8. The van der Waals surface area contributed by atoms with Crippen LogP contribution in [-0.4, -0.2) is 11.9 Å². The summed E-state index contributed by atoms with van der Waals surface area (Å²) < 4.78 is 0. The van der Waals surface area contributed by atoms with Gasteiger partial charge in [0.25, 0.3) is 0 Å². The molecule has 1 saturated carbocycles. The molecule has 0 aliphatic heterocycles. The summed E-state index contributed by atoms with van der Waals surface area (Å²) in [6.07, 6.45) is 3.46. The van der Waals surface area contributed by atoms with E-state index in [-0.39, 0.29) is 18.4 Å². The van der Waals surface area contributed by atoms with Gasteiger partial charge in [-0.15, -0.1) is 0 Å². The Hall–Kier alpha value is -1.51. The number of hydrogen-bond donors (Lipinski definition) is 1. The quantitative estimate of drug-likeness (QED) is 0.807. The zero-order chi connectivity index (χ0) is 16.2. The molecular formula is C19H19Cl2NO. The van der Waals surface area contributed by atoms with Crippen LogP contribution in [0.2, 0.25) is 10.0 Å². The molecule has 0 aromatic heterocycles. The lowest BCUT2D eigenvalue weighted by molar-refractivity contribution is -0.121. The third-order valence-electron chi connectivity index (χ3n) is 4.23. The Morgan fingerprint density at radius 1 is 1.04 bits per heavy atom. The molecule has 23 heavy (non-hydrogen) atoms. The summed E-state index contributed by atoms with van der Waals surface area (Å²) in [6.45, 7) is 0. The van der Waals surface area contributed by atoms with Crippen LogP contribution in [0.3, 0.4) is 0 Å². The number of amides is 1. The highest BCUT2D eigenvalue weighted by molar-refractivity contribution is 6.36. The molecule has 1 fully saturated rings. The molecule has 0 bridgehead atoms. The molecule has 2 aromatic rings. The van der Waals surface area contributed by atoms with Crippen molar-refractivity contribution in [1.82, 2.24) is 5.32 Å². The average molecular weight is 348 g/mol. The lowest BCUT2D eigenvalue weighted by Gasteiger charge is -2.19. The maximum Gasteiger partial charge on any atom is 0.224 e. The highest BCUT2D eigenvalue weighted by Gasteiger charge is 2.32. The van der Waals surface area contributed by atoms with Crippen LogP contribution in [0, 0.1) is 5.92 Å². The van der Waals surface area contributed by atoms with E-state index in [1.54, 1.807) is 18.2 Å². The average Bonchev–Trinajstić information content (AvgIpc) is 3.36. The summed E-state index contributed by atoms with van der Waals surface area (Å²) in [4.78, 5) is 12.4. The normalized spacial score (nSPS) is 15.2. The van der Waals surface area contributed by atoms with E-state index in [1.165, 1.54) is 18.4 Å². The first kappa shape index (κ1) is 16.4. The Morgan fingerprint density at radius 2 is 1.70 bits per heavy atom. The molecule has 1 atom stereocenters. The fourth-order valence-corrected chi connectivity index (χ4v) is 3.35. The van der Waals surface area contributed by atoms with Gasteiger partial charge in [-0.05, 0) is 48.4 Å². The van der Waals surface area contributed by atoms with Gasteiger partial charge in [0.05, 0.1) is 6.42 Å². The summed E-state index contributed by atoms with van der Waals surface area (Å²) in [6, 6.07) is 15.8. The fraction of sp³-hybridized carbons (Fsp3) is 0.316. The van der Waals surface area contributed by atoms with Crippen LogP contribution in [0.25, 0.3) is 0 Å². The van der Waals surface area contributed by atoms with Crippen molar-refractivity contribution in [3.63, 3.8) is 0 Å². The summed E-state index contributed by atoms with van der Waals surface area (Å²) in [7, 11) is 0. The first-order valence-corrected chi connectivity index (χ1v) is 8.65. The molecule has 1 aliphatic carbocycles. The Labute approximate surface area is 146 Å². The first-order chi connectivity index (χ1) is 11.1. The van der Waals surface area contributed by atoms with E-state index < -0.39 is 0 Å². The largest absolute Gasteiger partial charge is 0.352 e. The summed E-state index contributed by atoms with van der Waals surface area (Å²) in [5.41, 5.74) is 1.95. The van der Waals surface area contributed by atoms with Crippen molar-refractivity contribution in [3.8, 4) is 0 Å². The Balaban J connectivity index is 1.65. The van der Waals surface area contributed by atoms with Crippen LogP contribution in [-0.2, 0) is 17.6 Å². The Morgan fingerprint density at radius 3 is 2.30 bits per heavy atom. The molecule has 0 radical (unpaired) electrons. The van der Waals surface area contributed by atoms with Crippen molar-refractivity contribution in [2.75, 3.05) is 0 Å². The molecule has 1 aliphatic rings. The highest BCUT2D eigenvalue weighted by atomic mass is 35.5. The van der Waals surface area contributed by atoms with Gasteiger partial charge in [0.1, 0.15) is 0 Å². The van der Waals surface area contributed by atoms with Crippen LogP contribution < -0.4 is 5.32 Å². The van der Waals surface area contributed by atoms with Gasteiger partial charge in [-0.2, -0.15) is 0 Å². The number of halogens is 2. The van der Waals surface area contributed by atoms with Gasteiger partial charge in [0, 0.05) is 16.1 Å². The lowest BCUT2D eigenvalue weighted by Crippen LogP contribution is -2.39. The van der Waals surface area contributed by atoms with Crippen molar-refractivity contribution < 1.29 is 4.79 Å². The molecular weight excluding hydrogens is 329 g/mol. The van der Waals surface area contributed by atoms with Gasteiger partial charge < -0.3 is 5.32 Å². The van der Waals surface area contributed by atoms with Crippen LogP contribution in [0.1, 0.15) is 24.0 Å². The standard InChI is InChI=1S/C19H19Cl2NO/c20-16-7-4-8-17(21)15(16)12-19(23)22-18(14-9-10-14)11-13-5-2-1-3-6-13/h1-8,14,18H,9-12H2,(H,22,23). The van der Waals surface area contributed by atoms with Crippen molar-refractivity contribution >= 4 is 29.1 Å². The summed E-state index contributed by atoms with van der Waals surface area (Å²) >= 11 is 12.3. The third-order valence-corrected chi connectivity index (χ3v) is 4.94. The molecule has 120 valence electrons. The van der Waals surface area contributed by atoms with E-state index in [4.69, 9.17) is 23.2 Å². The van der Waals surface area contributed by atoms with Crippen LogP contribution in [0.15, 0.2) is 48.5 Å². The van der Waals surface area contributed by atoms with Crippen LogP contribution in [0.4, 0.5) is 0 Å². The van der Waals surface area contributed by atoms with E-state index in [0.29, 0.717) is 21.5 Å². The molecule has 0 heterocycles. The minimum Gasteiger partial charge on any atom is -0.352 e. The molecule has 2 nitrogen and oxygen atoms in total. The molecule has 2 aromatic carbocycles. The summed E-state index contributed by atoms with van der Waals surface area (Å²) in [5.74, 6) is 0.564. The highest BCUT2D eigenvalue weighted by Crippen LogP contribution is 2.34. The van der Waals surface area contributed by atoms with E-state index >= 15 is 0 Å². The second kappa shape index (κ2) is 7.37. The van der Waals surface area contributed by atoms with Gasteiger partial charge in [-0.25, -0.2) is 0 Å².